The summed E-state index contributed by atoms with van der Waals surface area (Å²) in [7, 11) is 0. The van der Waals surface area contributed by atoms with Crippen molar-refractivity contribution < 1.29 is 28.9 Å². The van der Waals surface area contributed by atoms with Crippen LogP contribution in [0.4, 0.5) is 4.39 Å². The van der Waals surface area contributed by atoms with Gasteiger partial charge in [0, 0.05) is 12.1 Å². The quantitative estimate of drug-likeness (QED) is 0.441. The van der Waals surface area contributed by atoms with Gasteiger partial charge in [0.15, 0.2) is 5.69 Å². The summed E-state index contributed by atoms with van der Waals surface area (Å²) in [5.41, 5.74) is -1.12. The molecule has 8 nitrogen and oxygen atoms in total. The number of benzene rings is 1. The fourth-order valence-corrected chi connectivity index (χ4v) is 3.08. The molecule has 2 rings (SSSR count). The van der Waals surface area contributed by atoms with Gasteiger partial charge in [0.1, 0.15) is 18.1 Å². The van der Waals surface area contributed by atoms with Gasteiger partial charge in [0.2, 0.25) is 5.88 Å². The number of nitrogens with zero attached hydrogens (tertiary/aromatic N) is 2. The van der Waals surface area contributed by atoms with Gasteiger partial charge in [0.05, 0.1) is 12.0 Å². The molecule has 182 valence electrons. The van der Waals surface area contributed by atoms with Crippen LogP contribution in [0.15, 0.2) is 30.3 Å². The van der Waals surface area contributed by atoms with E-state index in [9.17, 15) is 24.2 Å². The van der Waals surface area contributed by atoms with Crippen molar-refractivity contribution in [3.63, 3.8) is 0 Å². The molecule has 9 heteroatoms. The molecule has 0 aliphatic rings. The zero-order valence-corrected chi connectivity index (χ0v) is 19.8. The van der Waals surface area contributed by atoms with Gasteiger partial charge in [-0.2, -0.15) is 9.78 Å². The lowest BCUT2D eigenvalue weighted by atomic mass is 9.94. The van der Waals surface area contributed by atoms with Crippen LogP contribution in [-0.2, 0) is 4.79 Å². The van der Waals surface area contributed by atoms with E-state index < -0.39 is 29.3 Å². The zero-order chi connectivity index (χ0) is 24.8. The van der Waals surface area contributed by atoms with E-state index in [1.807, 2.05) is 27.7 Å². The molecule has 0 saturated heterocycles. The summed E-state index contributed by atoms with van der Waals surface area (Å²) in [4.78, 5) is 24.2. The third kappa shape index (κ3) is 7.28. The van der Waals surface area contributed by atoms with Crippen molar-refractivity contribution in [2.24, 2.45) is 11.8 Å². The van der Waals surface area contributed by atoms with Gasteiger partial charge >= 0.3 is 5.97 Å². The molecule has 1 heterocycles. The molecule has 1 unspecified atom stereocenters. The number of halogens is 1. The molecule has 0 bridgehead atoms. The summed E-state index contributed by atoms with van der Waals surface area (Å²) >= 11 is 0. The minimum absolute atomic E-state index is 0.0445. The van der Waals surface area contributed by atoms with Crippen LogP contribution in [0.3, 0.4) is 0 Å². The zero-order valence-electron chi connectivity index (χ0n) is 19.8. The predicted octanol–water partition coefficient (Wildman–Crippen LogP) is 3.81. The van der Waals surface area contributed by atoms with Crippen molar-refractivity contribution in [1.82, 2.24) is 15.1 Å². The van der Waals surface area contributed by atoms with E-state index in [0.717, 1.165) is 6.42 Å². The minimum Gasteiger partial charge on any atom is -0.481 e. The molecule has 0 saturated carbocycles. The van der Waals surface area contributed by atoms with E-state index in [1.165, 1.54) is 28.9 Å². The van der Waals surface area contributed by atoms with Crippen LogP contribution >= 0.6 is 0 Å². The number of para-hydroxylation sites is 1. The molecule has 1 aromatic carbocycles. The van der Waals surface area contributed by atoms with Crippen molar-refractivity contribution in [3.8, 4) is 11.6 Å². The van der Waals surface area contributed by atoms with Crippen LogP contribution in [0.5, 0.6) is 5.88 Å². The van der Waals surface area contributed by atoms with Gasteiger partial charge in [-0.15, -0.1) is 0 Å². The lowest BCUT2D eigenvalue weighted by Crippen LogP contribution is -2.38. The number of aliphatic carboxylic acids is 1. The van der Waals surface area contributed by atoms with Gasteiger partial charge < -0.3 is 20.3 Å². The highest BCUT2D eigenvalue weighted by atomic mass is 19.1. The maximum absolute atomic E-state index is 14.5. The molecular formula is C24H34FN3O5. The van der Waals surface area contributed by atoms with Gasteiger partial charge in [-0.1, -0.05) is 46.2 Å². The minimum atomic E-state index is -1.16. The van der Waals surface area contributed by atoms with E-state index >= 15 is 0 Å². The number of carbonyl (C=O) groups excluding carboxylic acids is 1. The van der Waals surface area contributed by atoms with Gasteiger partial charge in [-0.3, -0.25) is 9.59 Å². The Hall–Kier alpha value is -2.94. The molecular weight excluding hydrogens is 429 g/mol. The molecule has 0 aliphatic heterocycles. The molecule has 0 spiro atoms. The summed E-state index contributed by atoms with van der Waals surface area (Å²) in [5.74, 6) is -1.96. The predicted molar refractivity (Wildman–Crippen MR) is 122 cm³/mol. The molecule has 33 heavy (non-hydrogen) atoms. The Kier molecular flexibility index (Phi) is 8.99. The van der Waals surface area contributed by atoms with Crippen molar-refractivity contribution >= 4 is 11.9 Å². The van der Waals surface area contributed by atoms with Crippen LogP contribution in [0, 0.1) is 17.7 Å². The Morgan fingerprint density at radius 1 is 1.27 bits per heavy atom. The Morgan fingerprint density at radius 2 is 1.94 bits per heavy atom. The van der Waals surface area contributed by atoms with Crippen LogP contribution in [0.25, 0.3) is 5.69 Å². The monoisotopic (exact) mass is 463 g/mol. The highest BCUT2D eigenvalue weighted by Crippen LogP contribution is 2.25. The van der Waals surface area contributed by atoms with E-state index in [2.05, 4.69) is 10.4 Å². The molecule has 1 amide bonds. The molecule has 3 atom stereocenters. The maximum Gasteiger partial charge on any atom is 0.305 e. The average Bonchev–Trinajstić information content (AvgIpc) is 3.16. The number of carboxylic acids is 1. The molecule has 1 aromatic heterocycles. The number of carbonyl (C=O) groups is 2. The molecule has 0 fully saturated rings. The van der Waals surface area contributed by atoms with E-state index in [1.54, 1.807) is 13.0 Å². The largest absolute Gasteiger partial charge is 0.481 e. The highest BCUT2D eigenvalue weighted by Gasteiger charge is 2.28. The number of carboxylic acid groups (broad SMARTS) is 1. The third-order valence-corrected chi connectivity index (χ3v) is 5.89. The van der Waals surface area contributed by atoms with Crippen molar-refractivity contribution in [2.75, 3.05) is 6.61 Å². The molecule has 0 aliphatic carbocycles. The van der Waals surface area contributed by atoms with E-state index in [-0.39, 0.29) is 42.1 Å². The molecule has 0 radical (unpaired) electrons. The number of amides is 1. The topological polar surface area (TPSA) is 114 Å². The Balaban J connectivity index is 2.35. The highest BCUT2D eigenvalue weighted by molar-refractivity contribution is 5.93. The fraction of sp³-hybridized carbons (Fsp3) is 0.542. The Morgan fingerprint density at radius 3 is 2.52 bits per heavy atom. The number of hydrogen-bond donors (Lipinski definition) is 3. The fourth-order valence-electron chi connectivity index (χ4n) is 3.08. The van der Waals surface area contributed by atoms with E-state index in [0.29, 0.717) is 6.42 Å². The standard InChI is InChI=1S/C24H34FN3O5/c1-6-16(4)11-17(12-22(29)30)26-23(31)19-13-21(33-14-24(5,32)15(2)3)28(27-19)20-10-8-7-9-18(20)25/h7-10,13,15-17,32H,6,11-12,14H2,1-5H3,(H,26,31)(H,29,30)/t16?,17-,24+/m0/s1. The average molecular weight is 464 g/mol. The number of hydrogen-bond acceptors (Lipinski definition) is 5. The lowest BCUT2D eigenvalue weighted by Gasteiger charge is -2.27. The number of aliphatic hydroxyl groups is 1. The summed E-state index contributed by atoms with van der Waals surface area (Å²) in [5, 5.41) is 26.7. The van der Waals surface area contributed by atoms with Crippen LogP contribution < -0.4 is 10.1 Å². The second kappa shape index (κ2) is 11.3. The number of rotatable bonds is 12. The number of aromatic nitrogens is 2. The van der Waals surface area contributed by atoms with Crippen LogP contribution in [0.1, 0.15) is 64.4 Å². The second-order valence-electron chi connectivity index (χ2n) is 9.05. The first-order valence-electron chi connectivity index (χ1n) is 11.2. The normalized spacial score (nSPS) is 15.0. The maximum atomic E-state index is 14.5. The summed E-state index contributed by atoms with van der Waals surface area (Å²) in [6.07, 6.45) is 1.13. The molecule has 3 N–H and O–H groups in total. The lowest BCUT2D eigenvalue weighted by molar-refractivity contribution is -0.137. The van der Waals surface area contributed by atoms with Crippen LogP contribution in [0.2, 0.25) is 0 Å². The Bertz CT molecular complexity index is 957. The first-order chi connectivity index (χ1) is 15.4. The number of ether oxygens (including phenoxy) is 1. The van der Waals surface area contributed by atoms with Crippen LogP contribution in [-0.4, -0.2) is 50.1 Å². The first-order valence-corrected chi connectivity index (χ1v) is 11.2. The van der Waals surface area contributed by atoms with Crippen molar-refractivity contribution in [1.29, 1.82) is 0 Å². The summed E-state index contributed by atoms with van der Waals surface area (Å²) in [6.45, 7) is 9.20. The Labute approximate surface area is 193 Å². The van der Waals surface area contributed by atoms with E-state index in [4.69, 9.17) is 4.74 Å². The molecule has 2 aromatic rings. The van der Waals surface area contributed by atoms with Crippen molar-refractivity contribution in [2.45, 2.75) is 65.5 Å². The second-order valence-corrected chi connectivity index (χ2v) is 9.05. The van der Waals surface area contributed by atoms with Gasteiger partial charge in [-0.05, 0) is 37.3 Å². The first kappa shape index (κ1) is 26.3. The summed E-state index contributed by atoms with van der Waals surface area (Å²) < 4.78 is 21.4. The van der Waals surface area contributed by atoms with Crippen molar-refractivity contribution in [3.05, 3.63) is 41.8 Å². The smallest absolute Gasteiger partial charge is 0.305 e. The third-order valence-electron chi connectivity index (χ3n) is 5.89. The number of nitrogens with one attached hydrogen (secondary N) is 1. The summed E-state index contributed by atoms with van der Waals surface area (Å²) in [6, 6.07) is 6.70. The van der Waals surface area contributed by atoms with Gasteiger partial charge in [0.25, 0.3) is 5.91 Å². The SMILES string of the molecule is CCC(C)C[C@@H](CC(=O)O)NC(=O)c1cc(OC[C@@](C)(O)C(C)C)n(-c2ccccc2F)n1. The van der Waals surface area contributed by atoms with Gasteiger partial charge in [-0.25, -0.2) is 4.39 Å².